The van der Waals surface area contributed by atoms with Gasteiger partial charge in [0.25, 0.3) is 0 Å². The smallest absolute Gasteiger partial charge is 0.310 e. The normalized spacial score (nSPS) is 33.3. The van der Waals surface area contributed by atoms with Crippen molar-refractivity contribution in [3.8, 4) is 0 Å². The fourth-order valence-electron chi connectivity index (χ4n) is 1.85. The van der Waals surface area contributed by atoms with E-state index in [4.69, 9.17) is 4.74 Å². The number of carbonyl (C=O) groups is 1. The van der Waals surface area contributed by atoms with E-state index in [1.165, 1.54) is 0 Å². The lowest BCUT2D eigenvalue weighted by atomic mass is 9.78. The summed E-state index contributed by atoms with van der Waals surface area (Å²) in [7, 11) is 0. The predicted molar refractivity (Wildman–Crippen MR) is 51.4 cm³/mol. The van der Waals surface area contributed by atoms with Crippen LogP contribution in [0.4, 0.5) is 0 Å². The van der Waals surface area contributed by atoms with E-state index in [-0.39, 0.29) is 17.3 Å². The SMILES string of the molecule is CCOC(=O)C1CNCC1(C)CC. The summed E-state index contributed by atoms with van der Waals surface area (Å²) >= 11 is 0. The Balaban J connectivity index is 2.62. The minimum Gasteiger partial charge on any atom is -0.466 e. The van der Waals surface area contributed by atoms with E-state index in [0.29, 0.717) is 6.61 Å². The minimum atomic E-state index is -0.0446. The molecule has 1 aliphatic heterocycles. The Morgan fingerprint density at radius 3 is 2.85 bits per heavy atom. The molecular weight excluding hydrogens is 166 g/mol. The molecule has 0 saturated carbocycles. The third kappa shape index (κ3) is 2.02. The van der Waals surface area contributed by atoms with Crippen LogP contribution in [0.3, 0.4) is 0 Å². The van der Waals surface area contributed by atoms with E-state index in [1.54, 1.807) is 0 Å². The van der Waals surface area contributed by atoms with Crippen molar-refractivity contribution in [2.24, 2.45) is 11.3 Å². The summed E-state index contributed by atoms with van der Waals surface area (Å²) in [6.07, 6.45) is 1.02. The molecule has 3 heteroatoms. The monoisotopic (exact) mass is 185 g/mol. The molecule has 0 bridgehead atoms. The van der Waals surface area contributed by atoms with Gasteiger partial charge in [-0.2, -0.15) is 0 Å². The minimum absolute atomic E-state index is 0.0393. The number of nitrogens with one attached hydrogen (secondary N) is 1. The van der Waals surface area contributed by atoms with Crippen molar-refractivity contribution in [3.63, 3.8) is 0 Å². The first-order chi connectivity index (χ1) is 6.14. The van der Waals surface area contributed by atoms with Crippen LogP contribution in [-0.2, 0) is 9.53 Å². The van der Waals surface area contributed by atoms with Crippen LogP contribution >= 0.6 is 0 Å². The van der Waals surface area contributed by atoms with Crippen LogP contribution in [0.25, 0.3) is 0 Å². The lowest BCUT2D eigenvalue weighted by Gasteiger charge is -2.27. The van der Waals surface area contributed by atoms with Gasteiger partial charge in [-0.25, -0.2) is 0 Å². The maximum absolute atomic E-state index is 11.6. The first-order valence-corrected chi connectivity index (χ1v) is 5.01. The van der Waals surface area contributed by atoms with Crippen LogP contribution in [0.2, 0.25) is 0 Å². The third-order valence-electron chi connectivity index (χ3n) is 3.10. The van der Waals surface area contributed by atoms with Gasteiger partial charge in [-0.1, -0.05) is 13.8 Å². The quantitative estimate of drug-likeness (QED) is 0.671. The van der Waals surface area contributed by atoms with Crippen LogP contribution in [0.1, 0.15) is 27.2 Å². The summed E-state index contributed by atoms with van der Waals surface area (Å²) in [5.41, 5.74) is 0.0895. The summed E-state index contributed by atoms with van der Waals surface area (Å²) in [5, 5.41) is 3.25. The summed E-state index contributed by atoms with van der Waals surface area (Å²) in [6.45, 7) is 8.29. The predicted octanol–water partition coefficient (Wildman–Crippen LogP) is 1.19. The van der Waals surface area contributed by atoms with Gasteiger partial charge in [0.1, 0.15) is 0 Å². The fraction of sp³-hybridized carbons (Fsp3) is 0.900. The average molecular weight is 185 g/mol. The van der Waals surface area contributed by atoms with Gasteiger partial charge in [0.15, 0.2) is 0 Å². The van der Waals surface area contributed by atoms with Crippen molar-refractivity contribution < 1.29 is 9.53 Å². The van der Waals surface area contributed by atoms with Gasteiger partial charge in [0.2, 0.25) is 0 Å². The summed E-state index contributed by atoms with van der Waals surface area (Å²) in [4.78, 5) is 11.6. The zero-order chi connectivity index (χ0) is 9.90. The largest absolute Gasteiger partial charge is 0.466 e. The molecule has 13 heavy (non-hydrogen) atoms. The number of carbonyl (C=O) groups excluding carboxylic acids is 1. The van der Waals surface area contributed by atoms with Crippen molar-refractivity contribution in [3.05, 3.63) is 0 Å². The van der Waals surface area contributed by atoms with Crippen molar-refractivity contribution in [1.82, 2.24) is 5.32 Å². The highest BCUT2D eigenvalue weighted by atomic mass is 16.5. The molecule has 0 aromatic carbocycles. The maximum atomic E-state index is 11.6. The lowest BCUT2D eigenvalue weighted by Crippen LogP contribution is -2.32. The third-order valence-corrected chi connectivity index (χ3v) is 3.10. The molecule has 3 nitrogen and oxygen atoms in total. The molecular formula is C10H19NO2. The maximum Gasteiger partial charge on any atom is 0.310 e. The molecule has 1 rings (SSSR count). The molecule has 76 valence electrons. The Kier molecular flexibility index (Phi) is 3.31. The van der Waals surface area contributed by atoms with Gasteiger partial charge in [-0.15, -0.1) is 0 Å². The molecule has 0 radical (unpaired) electrons. The van der Waals surface area contributed by atoms with E-state index in [0.717, 1.165) is 19.5 Å². The number of ether oxygens (including phenoxy) is 1. The van der Waals surface area contributed by atoms with E-state index in [1.807, 2.05) is 6.92 Å². The second kappa shape index (κ2) is 4.09. The molecule has 2 atom stereocenters. The lowest BCUT2D eigenvalue weighted by molar-refractivity contribution is -0.150. The highest BCUT2D eigenvalue weighted by Gasteiger charge is 2.42. The number of esters is 1. The van der Waals surface area contributed by atoms with Gasteiger partial charge in [-0.3, -0.25) is 4.79 Å². The van der Waals surface area contributed by atoms with E-state index in [9.17, 15) is 4.79 Å². The Bertz CT molecular complexity index is 193. The van der Waals surface area contributed by atoms with E-state index >= 15 is 0 Å². The van der Waals surface area contributed by atoms with Crippen molar-refractivity contribution >= 4 is 5.97 Å². The Labute approximate surface area is 79.8 Å². The zero-order valence-electron chi connectivity index (χ0n) is 8.72. The molecule has 1 saturated heterocycles. The Morgan fingerprint density at radius 2 is 2.31 bits per heavy atom. The summed E-state index contributed by atoms with van der Waals surface area (Å²) in [6, 6.07) is 0. The zero-order valence-corrected chi connectivity index (χ0v) is 8.72. The highest BCUT2D eigenvalue weighted by molar-refractivity contribution is 5.74. The van der Waals surface area contributed by atoms with Crippen molar-refractivity contribution in [2.75, 3.05) is 19.7 Å². The summed E-state index contributed by atoms with van der Waals surface area (Å²) in [5.74, 6) is -0.00528. The Morgan fingerprint density at radius 1 is 1.62 bits per heavy atom. The first kappa shape index (κ1) is 10.5. The van der Waals surface area contributed by atoms with E-state index in [2.05, 4.69) is 19.2 Å². The molecule has 1 heterocycles. The molecule has 1 fully saturated rings. The summed E-state index contributed by atoms with van der Waals surface area (Å²) < 4.78 is 5.04. The van der Waals surface area contributed by atoms with Gasteiger partial charge >= 0.3 is 5.97 Å². The fourth-order valence-corrected chi connectivity index (χ4v) is 1.85. The highest BCUT2D eigenvalue weighted by Crippen LogP contribution is 2.34. The molecule has 0 aromatic rings. The van der Waals surface area contributed by atoms with Crippen LogP contribution < -0.4 is 5.32 Å². The molecule has 0 amide bonds. The van der Waals surface area contributed by atoms with Crippen LogP contribution in [-0.4, -0.2) is 25.7 Å². The molecule has 2 unspecified atom stereocenters. The van der Waals surface area contributed by atoms with E-state index < -0.39 is 0 Å². The number of rotatable bonds is 3. The van der Waals surface area contributed by atoms with Gasteiger partial charge < -0.3 is 10.1 Å². The molecule has 1 N–H and O–H groups in total. The topological polar surface area (TPSA) is 38.3 Å². The average Bonchev–Trinajstić information content (AvgIpc) is 2.49. The van der Waals surface area contributed by atoms with Gasteiger partial charge in [0, 0.05) is 13.1 Å². The number of hydrogen-bond donors (Lipinski definition) is 1. The van der Waals surface area contributed by atoms with Crippen molar-refractivity contribution in [1.29, 1.82) is 0 Å². The van der Waals surface area contributed by atoms with Crippen LogP contribution in [0, 0.1) is 11.3 Å². The van der Waals surface area contributed by atoms with Crippen molar-refractivity contribution in [2.45, 2.75) is 27.2 Å². The molecule has 0 aliphatic carbocycles. The second-order valence-corrected chi connectivity index (χ2v) is 3.94. The first-order valence-electron chi connectivity index (χ1n) is 5.01. The van der Waals surface area contributed by atoms with Crippen LogP contribution in [0.15, 0.2) is 0 Å². The second-order valence-electron chi connectivity index (χ2n) is 3.94. The number of hydrogen-bond acceptors (Lipinski definition) is 3. The molecule has 0 aromatic heterocycles. The molecule has 0 spiro atoms. The van der Waals surface area contributed by atoms with Gasteiger partial charge in [0.05, 0.1) is 12.5 Å². The Hall–Kier alpha value is -0.570. The molecule has 1 aliphatic rings. The standard InChI is InChI=1S/C10H19NO2/c1-4-10(3)7-11-6-8(10)9(12)13-5-2/h8,11H,4-7H2,1-3H3. The van der Waals surface area contributed by atoms with Gasteiger partial charge in [-0.05, 0) is 18.8 Å². The van der Waals surface area contributed by atoms with Crippen LogP contribution in [0.5, 0.6) is 0 Å².